The number of hydrogen-bond acceptors (Lipinski definition) is 13. The lowest BCUT2D eigenvalue weighted by atomic mass is 9.79. The Hall–Kier alpha value is -1.01. The second kappa shape index (κ2) is 13.8. The van der Waals surface area contributed by atoms with Crippen molar-refractivity contribution < 1.29 is 44.2 Å². The molecule has 0 aromatic carbocycles. The van der Waals surface area contributed by atoms with E-state index in [4.69, 9.17) is 36.1 Å². The van der Waals surface area contributed by atoms with Crippen molar-refractivity contribution in [3.05, 3.63) is 0 Å². The van der Waals surface area contributed by atoms with Crippen LogP contribution in [0, 0.1) is 5.92 Å². The summed E-state index contributed by atoms with van der Waals surface area (Å²) in [5.74, 6) is -1.05. The number of carbonyl (C=O) groups excluding carboxylic acids is 1. The Bertz CT molecular complexity index is 795. The van der Waals surface area contributed by atoms with Crippen molar-refractivity contribution in [2.24, 2.45) is 23.1 Å². The summed E-state index contributed by atoms with van der Waals surface area (Å²) in [4.78, 5) is 12.8. The van der Waals surface area contributed by atoms with Gasteiger partial charge in [0.1, 0.15) is 30.0 Å². The number of ether oxygens (including phenoxy) is 4. The van der Waals surface area contributed by atoms with Crippen molar-refractivity contribution in [3.63, 3.8) is 0 Å². The standard InChI is InChI=1S/C25H49N5O9/c1-5-12-6-7-13(27)23(37-12)38-19-11(2)8-15(30-22(34)16(31)14(28)9-26)20(17(19)32)39-24-18(33)21(29-4)25(3,35)10-36-24/h11-21,23-24,29,31-33,35H,5-10,26-28H2,1-4H3,(H,30,34)/t11-,12+,13?,14+,15+,16-,17?,18?,19?,20?,21+,23+,24+,25?/m0/s1. The normalized spacial score (nSPS) is 44.9. The summed E-state index contributed by atoms with van der Waals surface area (Å²) in [6, 6.07) is -2.96. The van der Waals surface area contributed by atoms with E-state index in [0.29, 0.717) is 6.42 Å². The zero-order valence-corrected chi connectivity index (χ0v) is 23.3. The minimum atomic E-state index is -1.57. The van der Waals surface area contributed by atoms with E-state index < -0.39 is 72.7 Å². The smallest absolute Gasteiger partial charge is 0.250 e. The topological polar surface area (TPSA) is 237 Å². The molecule has 1 saturated carbocycles. The summed E-state index contributed by atoms with van der Waals surface area (Å²) in [5.41, 5.74) is 16.2. The monoisotopic (exact) mass is 563 g/mol. The van der Waals surface area contributed by atoms with Crippen LogP contribution in [0.25, 0.3) is 0 Å². The van der Waals surface area contributed by atoms with E-state index in [1.54, 1.807) is 7.05 Å². The van der Waals surface area contributed by atoms with Gasteiger partial charge in [-0.2, -0.15) is 0 Å². The van der Waals surface area contributed by atoms with Gasteiger partial charge in [0.05, 0.1) is 43.0 Å². The first-order valence-corrected chi connectivity index (χ1v) is 13.9. The summed E-state index contributed by atoms with van der Waals surface area (Å²) >= 11 is 0. The minimum Gasteiger partial charge on any atom is -0.388 e. The molecule has 14 heteroatoms. The van der Waals surface area contributed by atoms with Crippen molar-refractivity contribution in [2.45, 2.75) is 125 Å². The number of hydrogen-bond donors (Lipinski definition) is 9. The molecule has 3 fully saturated rings. The van der Waals surface area contributed by atoms with E-state index >= 15 is 0 Å². The Morgan fingerprint density at radius 1 is 1.18 bits per heavy atom. The fourth-order valence-corrected chi connectivity index (χ4v) is 5.73. The summed E-state index contributed by atoms with van der Waals surface area (Å²) < 4.78 is 24.0. The van der Waals surface area contributed by atoms with Gasteiger partial charge in [-0.15, -0.1) is 0 Å². The zero-order valence-electron chi connectivity index (χ0n) is 23.3. The molecule has 1 amide bonds. The molecular weight excluding hydrogens is 514 g/mol. The van der Waals surface area contributed by atoms with Crippen LogP contribution < -0.4 is 27.8 Å². The quantitative estimate of drug-likeness (QED) is 0.126. The van der Waals surface area contributed by atoms with E-state index in [0.717, 1.165) is 12.8 Å². The second-order valence-electron chi connectivity index (χ2n) is 11.4. The lowest BCUT2D eigenvalue weighted by molar-refractivity contribution is -0.311. The van der Waals surface area contributed by atoms with Crippen LogP contribution in [0.3, 0.4) is 0 Å². The Morgan fingerprint density at radius 2 is 1.85 bits per heavy atom. The van der Waals surface area contributed by atoms with Crippen molar-refractivity contribution >= 4 is 5.91 Å². The predicted molar refractivity (Wildman–Crippen MR) is 140 cm³/mol. The summed E-state index contributed by atoms with van der Waals surface area (Å²) in [6.07, 6.45) is -5.45. The third-order valence-corrected chi connectivity index (χ3v) is 8.21. The molecule has 14 atom stereocenters. The largest absolute Gasteiger partial charge is 0.388 e. The minimum absolute atomic E-state index is 0.00443. The number of carbonyl (C=O) groups is 1. The SMILES string of the molecule is CC[C@@H]1CCC(N)[C@@H](OC2C(O)C(O[C@H]3OCC(C)(O)[C@H](NC)C3O)[C@H](NC(=O)[C@@H](O)[C@H](N)CN)C[C@@H]2C)O1. The maximum absolute atomic E-state index is 12.8. The fourth-order valence-electron chi connectivity index (χ4n) is 5.73. The van der Waals surface area contributed by atoms with E-state index in [1.165, 1.54) is 6.92 Å². The molecule has 0 spiro atoms. The first kappa shape index (κ1) is 32.5. The van der Waals surface area contributed by atoms with Crippen LogP contribution in [0.1, 0.15) is 46.5 Å². The second-order valence-corrected chi connectivity index (χ2v) is 11.4. The fraction of sp³-hybridized carbons (Fsp3) is 0.960. The number of aliphatic hydroxyl groups is 4. The van der Waals surface area contributed by atoms with Crippen LogP contribution >= 0.6 is 0 Å². The highest BCUT2D eigenvalue weighted by Gasteiger charge is 2.51. The van der Waals surface area contributed by atoms with Crippen LogP contribution in [0.5, 0.6) is 0 Å². The van der Waals surface area contributed by atoms with Gasteiger partial charge in [-0.05, 0) is 45.6 Å². The maximum Gasteiger partial charge on any atom is 0.250 e. The molecule has 2 aliphatic heterocycles. The Kier molecular flexibility index (Phi) is 11.5. The number of rotatable bonds is 10. The highest BCUT2D eigenvalue weighted by atomic mass is 16.7. The Labute approximate surface area is 229 Å². The van der Waals surface area contributed by atoms with Crippen molar-refractivity contribution in [1.82, 2.24) is 10.6 Å². The molecule has 2 saturated heterocycles. The first-order valence-electron chi connectivity index (χ1n) is 13.9. The molecule has 0 aromatic rings. The number of aliphatic hydroxyl groups excluding tert-OH is 3. The molecule has 39 heavy (non-hydrogen) atoms. The Balaban J connectivity index is 1.83. The van der Waals surface area contributed by atoms with Crippen molar-refractivity contribution in [2.75, 3.05) is 20.2 Å². The highest BCUT2D eigenvalue weighted by Crippen LogP contribution is 2.35. The van der Waals surface area contributed by atoms with E-state index in [2.05, 4.69) is 10.6 Å². The summed E-state index contributed by atoms with van der Waals surface area (Å²) in [7, 11) is 1.59. The molecule has 0 radical (unpaired) electrons. The van der Waals surface area contributed by atoms with Gasteiger partial charge in [-0.25, -0.2) is 0 Å². The number of amides is 1. The van der Waals surface area contributed by atoms with Gasteiger partial charge in [-0.3, -0.25) is 4.79 Å². The number of likely N-dealkylation sites (N-methyl/N-ethyl adjacent to an activating group) is 1. The molecule has 6 unspecified atom stereocenters. The molecule has 0 aromatic heterocycles. The van der Waals surface area contributed by atoms with E-state index in [-0.39, 0.29) is 37.6 Å². The molecule has 228 valence electrons. The molecule has 12 N–H and O–H groups in total. The lowest BCUT2D eigenvalue weighted by Crippen LogP contribution is -2.68. The van der Waals surface area contributed by atoms with Crippen LogP contribution in [0.4, 0.5) is 0 Å². The van der Waals surface area contributed by atoms with Crippen molar-refractivity contribution in [3.8, 4) is 0 Å². The average Bonchev–Trinajstić information content (AvgIpc) is 2.89. The van der Waals surface area contributed by atoms with Gasteiger partial charge >= 0.3 is 0 Å². The molecule has 0 bridgehead atoms. The lowest BCUT2D eigenvalue weighted by Gasteiger charge is -2.49. The van der Waals surface area contributed by atoms with Crippen LogP contribution in [0.15, 0.2) is 0 Å². The third kappa shape index (κ3) is 7.45. The summed E-state index contributed by atoms with van der Waals surface area (Å²) in [5, 5.41) is 49.0. The zero-order chi connectivity index (χ0) is 29.1. The highest BCUT2D eigenvalue weighted by molar-refractivity contribution is 5.81. The average molecular weight is 564 g/mol. The predicted octanol–water partition coefficient (Wildman–Crippen LogP) is -3.41. The van der Waals surface area contributed by atoms with Crippen LogP contribution in [0.2, 0.25) is 0 Å². The van der Waals surface area contributed by atoms with Gasteiger partial charge in [0.2, 0.25) is 0 Å². The first-order chi connectivity index (χ1) is 18.3. The van der Waals surface area contributed by atoms with Gasteiger partial charge in [0.25, 0.3) is 5.91 Å². The van der Waals surface area contributed by atoms with E-state index in [1.807, 2.05) is 13.8 Å². The van der Waals surface area contributed by atoms with Crippen LogP contribution in [-0.2, 0) is 23.7 Å². The van der Waals surface area contributed by atoms with Gasteiger partial charge < -0.3 is 67.2 Å². The molecule has 14 nitrogen and oxygen atoms in total. The van der Waals surface area contributed by atoms with E-state index in [9.17, 15) is 25.2 Å². The maximum atomic E-state index is 12.8. The third-order valence-electron chi connectivity index (χ3n) is 8.21. The number of nitrogens with two attached hydrogens (primary N) is 3. The van der Waals surface area contributed by atoms with Gasteiger partial charge in [0.15, 0.2) is 12.6 Å². The van der Waals surface area contributed by atoms with Crippen LogP contribution in [-0.4, -0.2) is 126 Å². The molecule has 2 heterocycles. The van der Waals surface area contributed by atoms with Crippen molar-refractivity contribution in [1.29, 1.82) is 0 Å². The Morgan fingerprint density at radius 3 is 2.46 bits per heavy atom. The molecule has 3 aliphatic rings. The molecule has 1 aliphatic carbocycles. The van der Waals surface area contributed by atoms with Gasteiger partial charge in [0, 0.05) is 6.54 Å². The molecular formula is C25H49N5O9. The molecule has 3 rings (SSSR count). The summed E-state index contributed by atoms with van der Waals surface area (Å²) in [6.45, 7) is 5.14. The number of nitrogens with one attached hydrogen (secondary N) is 2. The van der Waals surface area contributed by atoms with Gasteiger partial charge in [-0.1, -0.05) is 13.8 Å².